The Labute approximate surface area is 126 Å². The molecule has 0 heterocycles. The second-order valence-corrected chi connectivity index (χ2v) is 5.64. The van der Waals surface area contributed by atoms with Crippen LogP contribution >= 0.6 is 0 Å². The van der Waals surface area contributed by atoms with Crippen LogP contribution in [0, 0.1) is 11.8 Å². The highest BCUT2D eigenvalue weighted by Gasteiger charge is 2.14. The summed E-state index contributed by atoms with van der Waals surface area (Å²) in [6.45, 7) is 4.76. The molecular weight excluding hydrogens is 266 g/mol. The molecule has 1 atom stereocenters. The predicted molar refractivity (Wildman–Crippen MR) is 85.1 cm³/mol. The maximum absolute atomic E-state index is 12.0. The van der Waals surface area contributed by atoms with Gasteiger partial charge in [0.15, 0.2) is 0 Å². The van der Waals surface area contributed by atoms with Gasteiger partial charge in [-0.05, 0) is 49.1 Å². The SMILES string of the molecule is CNC(=O)c1ccc(NC(=O)C[C@@H](CN)CC(C)C)cc1. The van der Waals surface area contributed by atoms with Crippen molar-refractivity contribution < 1.29 is 9.59 Å². The molecule has 1 aromatic rings. The number of hydrogen-bond acceptors (Lipinski definition) is 3. The van der Waals surface area contributed by atoms with E-state index in [1.807, 2.05) is 0 Å². The van der Waals surface area contributed by atoms with Gasteiger partial charge in [0, 0.05) is 24.7 Å². The Bertz CT molecular complexity index is 469. The fourth-order valence-corrected chi connectivity index (χ4v) is 2.25. The number of anilines is 1. The molecule has 1 rings (SSSR count). The third kappa shape index (κ3) is 5.95. The number of nitrogens with two attached hydrogens (primary N) is 1. The maximum atomic E-state index is 12.0. The third-order valence-electron chi connectivity index (χ3n) is 3.27. The molecule has 0 saturated carbocycles. The lowest BCUT2D eigenvalue weighted by atomic mass is 9.94. The van der Waals surface area contributed by atoms with Crippen molar-refractivity contribution in [2.75, 3.05) is 18.9 Å². The molecule has 21 heavy (non-hydrogen) atoms. The number of benzene rings is 1. The Morgan fingerprint density at radius 2 is 1.81 bits per heavy atom. The van der Waals surface area contributed by atoms with E-state index < -0.39 is 0 Å². The van der Waals surface area contributed by atoms with E-state index in [1.165, 1.54) is 0 Å². The molecule has 0 aromatic heterocycles. The molecule has 0 fully saturated rings. The summed E-state index contributed by atoms with van der Waals surface area (Å²) in [5.74, 6) is 0.542. The number of nitrogens with one attached hydrogen (secondary N) is 2. The van der Waals surface area contributed by atoms with Crippen molar-refractivity contribution in [3.8, 4) is 0 Å². The van der Waals surface area contributed by atoms with Gasteiger partial charge < -0.3 is 16.4 Å². The van der Waals surface area contributed by atoms with E-state index in [0.29, 0.717) is 30.1 Å². The number of rotatable bonds is 7. The first-order valence-corrected chi connectivity index (χ1v) is 7.28. The molecule has 2 amide bonds. The maximum Gasteiger partial charge on any atom is 0.251 e. The van der Waals surface area contributed by atoms with E-state index in [0.717, 1.165) is 6.42 Å². The molecule has 4 N–H and O–H groups in total. The van der Waals surface area contributed by atoms with Gasteiger partial charge in [0.25, 0.3) is 5.91 Å². The fraction of sp³-hybridized carbons (Fsp3) is 0.500. The lowest BCUT2D eigenvalue weighted by molar-refractivity contribution is -0.117. The van der Waals surface area contributed by atoms with E-state index in [-0.39, 0.29) is 17.7 Å². The summed E-state index contributed by atoms with van der Waals surface area (Å²) >= 11 is 0. The van der Waals surface area contributed by atoms with Gasteiger partial charge in [-0.15, -0.1) is 0 Å². The predicted octanol–water partition coefficient (Wildman–Crippen LogP) is 2.00. The molecule has 1 aromatic carbocycles. The summed E-state index contributed by atoms with van der Waals surface area (Å²) in [6, 6.07) is 6.82. The Morgan fingerprint density at radius 1 is 1.19 bits per heavy atom. The lowest BCUT2D eigenvalue weighted by Crippen LogP contribution is -2.23. The summed E-state index contributed by atoms with van der Waals surface area (Å²) < 4.78 is 0. The highest BCUT2D eigenvalue weighted by molar-refractivity contribution is 5.95. The topological polar surface area (TPSA) is 84.2 Å². The van der Waals surface area contributed by atoms with Crippen molar-refractivity contribution in [2.24, 2.45) is 17.6 Å². The summed E-state index contributed by atoms with van der Waals surface area (Å²) in [4.78, 5) is 23.4. The summed E-state index contributed by atoms with van der Waals surface area (Å²) in [5.41, 5.74) is 6.96. The van der Waals surface area contributed by atoms with Crippen LogP contribution < -0.4 is 16.4 Å². The fourth-order valence-electron chi connectivity index (χ4n) is 2.25. The van der Waals surface area contributed by atoms with E-state index in [9.17, 15) is 9.59 Å². The van der Waals surface area contributed by atoms with Crippen LogP contribution in [-0.2, 0) is 4.79 Å². The van der Waals surface area contributed by atoms with Gasteiger partial charge in [-0.2, -0.15) is 0 Å². The molecule has 0 radical (unpaired) electrons. The third-order valence-corrected chi connectivity index (χ3v) is 3.27. The highest BCUT2D eigenvalue weighted by Crippen LogP contribution is 2.16. The Kier molecular flexibility index (Phi) is 6.88. The van der Waals surface area contributed by atoms with Crippen molar-refractivity contribution in [3.63, 3.8) is 0 Å². The quantitative estimate of drug-likeness (QED) is 0.718. The van der Waals surface area contributed by atoms with Crippen LogP contribution in [0.4, 0.5) is 5.69 Å². The minimum absolute atomic E-state index is 0.0428. The van der Waals surface area contributed by atoms with Gasteiger partial charge in [0.1, 0.15) is 0 Å². The summed E-state index contributed by atoms with van der Waals surface area (Å²) in [5, 5.41) is 5.39. The molecule has 0 bridgehead atoms. The van der Waals surface area contributed by atoms with Gasteiger partial charge in [0.2, 0.25) is 5.91 Å². The van der Waals surface area contributed by atoms with E-state index >= 15 is 0 Å². The molecular formula is C16H25N3O2. The number of carbonyl (C=O) groups is 2. The van der Waals surface area contributed by atoms with Gasteiger partial charge >= 0.3 is 0 Å². The summed E-state index contributed by atoms with van der Waals surface area (Å²) in [7, 11) is 1.58. The van der Waals surface area contributed by atoms with Gasteiger partial charge in [-0.3, -0.25) is 9.59 Å². The van der Waals surface area contributed by atoms with Gasteiger partial charge in [-0.25, -0.2) is 0 Å². The van der Waals surface area contributed by atoms with Crippen molar-refractivity contribution in [1.29, 1.82) is 0 Å². The smallest absolute Gasteiger partial charge is 0.251 e. The van der Waals surface area contributed by atoms with Crippen LogP contribution in [0.3, 0.4) is 0 Å². The van der Waals surface area contributed by atoms with Gasteiger partial charge in [-0.1, -0.05) is 13.8 Å². The van der Waals surface area contributed by atoms with Crippen LogP contribution in [-0.4, -0.2) is 25.4 Å². The Hall–Kier alpha value is -1.88. The molecule has 116 valence electrons. The molecule has 0 spiro atoms. The van der Waals surface area contributed by atoms with Crippen molar-refractivity contribution in [3.05, 3.63) is 29.8 Å². The molecule has 0 unspecified atom stereocenters. The lowest BCUT2D eigenvalue weighted by Gasteiger charge is -2.16. The molecule has 0 aliphatic heterocycles. The zero-order chi connectivity index (χ0) is 15.8. The van der Waals surface area contributed by atoms with Crippen LogP contribution in [0.25, 0.3) is 0 Å². The van der Waals surface area contributed by atoms with E-state index in [4.69, 9.17) is 5.73 Å². The molecule has 5 nitrogen and oxygen atoms in total. The zero-order valence-electron chi connectivity index (χ0n) is 13.0. The minimum atomic E-state index is -0.145. The first kappa shape index (κ1) is 17.2. The monoisotopic (exact) mass is 291 g/mol. The molecule has 0 saturated heterocycles. The number of hydrogen-bond donors (Lipinski definition) is 3. The standard InChI is InChI=1S/C16H25N3O2/c1-11(2)8-12(10-17)9-15(20)19-14-6-4-13(5-7-14)16(21)18-3/h4-7,11-12H,8-10,17H2,1-3H3,(H,18,21)(H,19,20)/t12-/m0/s1. The summed E-state index contributed by atoms with van der Waals surface area (Å²) in [6.07, 6.45) is 1.37. The molecule has 0 aliphatic carbocycles. The second-order valence-electron chi connectivity index (χ2n) is 5.64. The molecule has 0 aliphatic rings. The average Bonchev–Trinajstić information content (AvgIpc) is 2.45. The van der Waals surface area contributed by atoms with Crippen LogP contribution in [0.1, 0.15) is 37.0 Å². The average molecular weight is 291 g/mol. The van der Waals surface area contributed by atoms with Crippen LogP contribution in [0.2, 0.25) is 0 Å². The second kappa shape index (κ2) is 8.42. The van der Waals surface area contributed by atoms with Crippen LogP contribution in [0.15, 0.2) is 24.3 Å². The minimum Gasteiger partial charge on any atom is -0.355 e. The van der Waals surface area contributed by atoms with Crippen LogP contribution in [0.5, 0.6) is 0 Å². The van der Waals surface area contributed by atoms with Crippen molar-refractivity contribution in [1.82, 2.24) is 5.32 Å². The normalized spacial score (nSPS) is 12.0. The number of amides is 2. The Morgan fingerprint density at radius 3 is 2.29 bits per heavy atom. The molecule has 5 heteroatoms. The highest BCUT2D eigenvalue weighted by atomic mass is 16.2. The first-order valence-electron chi connectivity index (χ1n) is 7.28. The zero-order valence-corrected chi connectivity index (χ0v) is 13.0. The Balaban J connectivity index is 2.56. The van der Waals surface area contributed by atoms with Crippen molar-refractivity contribution in [2.45, 2.75) is 26.7 Å². The van der Waals surface area contributed by atoms with E-state index in [1.54, 1.807) is 31.3 Å². The van der Waals surface area contributed by atoms with Gasteiger partial charge in [0.05, 0.1) is 0 Å². The van der Waals surface area contributed by atoms with Crippen molar-refractivity contribution >= 4 is 17.5 Å². The first-order chi connectivity index (χ1) is 9.96. The largest absolute Gasteiger partial charge is 0.355 e. The number of carbonyl (C=O) groups excluding carboxylic acids is 2. The van der Waals surface area contributed by atoms with E-state index in [2.05, 4.69) is 24.5 Å².